The van der Waals surface area contributed by atoms with Gasteiger partial charge in [0.05, 0.1) is 5.69 Å². The van der Waals surface area contributed by atoms with E-state index >= 15 is 0 Å². The number of hydrogen-bond donors (Lipinski definition) is 1. The van der Waals surface area contributed by atoms with Crippen molar-refractivity contribution in [1.29, 1.82) is 0 Å². The van der Waals surface area contributed by atoms with E-state index in [0.29, 0.717) is 5.13 Å². The van der Waals surface area contributed by atoms with E-state index in [0.717, 1.165) is 33.9 Å². The zero-order chi connectivity index (χ0) is 16.7. The Bertz CT molecular complexity index is 843. The van der Waals surface area contributed by atoms with E-state index in [4.69, 9.17) is 0 Å². The molecule has 0 saturated carbocycles. The van der Waals surface area contributed by atoms with Gasteiger partial charge in [0.15, 0.2) is 5.13 Å². The number of aromatic nitrogens is 1. The van der Waals surface area contributed by atoms with Crippen molar-refractivity contribution in [3.63, 3.8) is 0 Å². The highest BCUT2D eigenvalue weighted by Gasteiger charge is 2.30. The van der Waals surface area contributed by atoms with E-state index in [-0.39, 0.29) is 31.2 Å². The summed E-state index contributed by atoms with van der Waals surface area (Å²) in [5.41, 5.74) is 3.30. The van der Waals surface area contributed by atoms with Crippen LogP contribution in [0.15, 0.2) is 24.3 Å². The Balaban J connectivity index is 1.51. The molecule has 1 aromatic heterocycles. The van der Waals surface area contributed by atoms with Crippen LogP contribution in [-0.2, 0) is 27.2 Å². The first-order valence-corrected chi connectivity index (χ1v) is 8.64. The topological polar surface area (TPSA) is 79.4 Å². The van der Waals surface area contributed by atoms with Crippen LogP contribution in [-0.4, -0.2) is 34.2 Å². The second-order valence-electron chi connectivity index (χ2n) is 5.87. The number of likely N-dealkylation sites (tertiary alicyclic amines) is 1. The predicted octanol–water partition coefficient (Wildman–Crippen LogP) is 2.00. The van der Waals surface area contributed by atoms with E-state index < -0.39 is 5.91 Å². The standard InChI is InChI=1S/C17H15N3O3S/c21-13(9-20-14(22)7-8-15(20)23)18-17-19-16-11-4-2-1-3-10(11)5-6-12(16)24-17/h1-4H,5-9H2,(H,18,19,21). The van der Waals surface area contributed by atoms with Crippen molar-refractivity contribution in [3.8, 4) is 11.3 Å². The monoisotopic (exact) mass is 341 g/mol. The fourth-order valence-electron chi connectivity index (χ4n) is 3.10. The minimum Gasteiger partial charge on any atom is -0.300 e. The average molecular weight is 341 g/mol. The largest absolute Gasteiger partial charge is 0.300 e. The minimum atomic E-state index is -0.391. The predicted molar refractivity (Wildman–Crippen MR) is 89.5 cm³/mol. The van der Waals surface area contributed by atoms with E-state index in [1.54, 1.807) is 0 Å². The molecule has 122 valence electrons. The maximum Gasteiger partial charge on any atom is 0.246 e. The van der Waals surface area contributed by atoms with Gasteiger partial charge in [-0.05, 0) is 18.4 Å². The number of aryl methyl sites for hydroxylation is 2. The molecule has 3 amide bonds. The molecule has 0 atom stereocenters. The quantitative estimate of drug-likeness (QED) is 0.866. The second-order valence-corrected chi connectivity index (χ2v) is 6.95. The number of anilines is 1. The number of amides is 3. The van der Waals surface area contributed by atoms with Gasteiger partial charge in [-0.1, -0.05) is 24.3 Å². The van der Waals surface area contributed by atoms with Crippen molar-refractivity contribution >= 4 is 34.2 Å². The number of benzene rings is 1. The van der Waals surface area contributed by atoms with Gasteiger partial charge in [0.1, 0.15) is 6.54 Å². The Morgan fingerprint density at radius 2 is 1.88 bits per heavy atom. The number of imide groups is 1. The Hall–Kier alpha value is -2.54. The van der Waals surface area contributed by atoms with E-state index in [1.165, 1.54) is 16.9 Å². The fourth-order valence-corrected chi connectivity index (χ4v) is 4.10. The molecule has 1 N–H and O–H groups in total. The first-order valence-electron chi connectivity index (χ1n) is 7.83. The number of nitrogens with zero attached hydrogens (tertiary/aromatic N) is 2. The molecule has 2 heterocycles. The lowest BCUT2D eigenvalue weighted by Crippen LogP contribution is -2.36. The SMILES string of the molecule is O=C(CN1C(=O)CCC1=O)Nc1nc2c(s1)CCc1ccccc1-2. The van der Waals surface area contributed by atoms with Crippen LogP contribution in [0.3, 0.4) is 0 Å². The summed E-state index contributed by atoms with van der Waals surface area (Å²) < 4.78 is 0. The Morgan fingerprint density at radius 1 is 1.12 bits per heavy atom. The van der Waals surface area contributed by atoms with Crippen molar-refractivity contribution in [1.82, 2.24) is 9.88 Å². The number of rotatable bonds is 3. The molecule has 1 aliphatic heterocycles. The summed E-state index contributed by atoms with van der Waals surface area (Å²) in [7, 11) is 0. The number of hydrogen-bond acceptors (Lipinski definition) is 5. The Labute approximate surface area is 142 Å². The summed E-state index contributed by atoms with van der Waals surface area (Å²) in [5, 5.41) is 3.23. The molecule has 2 aromatic rings. The molecule has 6 nitrogen and oxygen atoms in total. The van der Waals surface area contributed by atoms with Crippen LogP contribution in [0.25, 0.3) is 11.3 Å². The van der Waals surface area contributed by atoms with Crippen molar-refractivity contribution in [2.75, 3.05) is 11.9 Å². The highest BCUT2D eigenvalue weighted by atomic mass is 32.1. The Kier molecular flexibility index (Phi) is 3.65. The lowest BCUT2D eigenvalue weighted by Gasteiger charge is -2.13. The molecule has 7 heteroatoms. The fraction of sp³-hybridized carbons (Fsp3) is 0.294. The summed E-state index contributed by atoms with van der Waals surface area (Å²) in [5.74, 6) is -0.969. The summed E-state index contributed by atoms with van der Waals surface area (Å²) in [6, 6.07) is 8.14. The molecule has 4 rings (SSSR count). The Morgan fingerprint density at radius 3 is 2.67 bits per heavy atom. The van der Waals surface area contributed by atoms with Gasteiger partial charge in [-0.15, -0.1) is 11.3 Å². The first-order chi connectivity index (χ1) is 11.6. The smallest absolute Gasteiger partial charge is 0.246 e. The molecule has 0 unspecified atom stereocenters. The van der Waals surface area contributed by atoms with Crippen molar-refractivity contribution in [2.24, 2.45) is 0 Å². The van der Waals surface area contributed by atoms with Gasteiger partial charge in [0.2, 0.25) is 17.7 Å². The lowest BCUT2D eigenvalue weighted by molar-refractivity contribution is -0.141. The van der Waals surface area contributed by atoms with Gasteiger partial charge in [-0.3, -0.25) is 19.3 Å². The summed E-state index contributed by atoms with van der Waals surface area (Å²) in [6.45, 7) is -0.238. The third-order valence-corrected chi connectivity index (χ3v) is 5.32. The normalized spacial score (nSPS) is 16.1. The van der Waals surface area contributed by atoms with Crippen LogP contribution < -0.4 is 5.32 Å². The molecule has 0 spiro atoms. The van der Waals surface area contributed by atoms with Crippen LogP contribution in [0, 0.1) is 0 Å². The molecule has 1 aliphatic carbocycles. The zero-order valence-corrected chi connectivity index (χ0v) is 13.7. The number of carbonyl (C=O) groups is 3. The zero-order valence-electron chi connectivity index (χ0n) is 12.9. The van der Waals surface area contributed by atoms with Crippen LogP contribution in [0.5, 0.6) is 0 Å². The van der Waals surface area contributed by atoms with Crippen LogP contribution in [0.1, 0.15) is 23.3 Å². The maximum absolute atomic E-state index is 12.1. The summed E-state index contributed by atoms with van der Waals surface area (Å²) in [6.07, 6.45) is 2.25. The third-order valence-electron chi connectivity index (χ3n) is 4.29. The number of nitrogens with one attached hydrogen (secondary N) is 1. The number of thiazole rings is 1. The van der Waals surface area contributed by atoms with Crippen LogP contribution in [0.2, 0.25) is 0 Å². The van der Waals surface area contributed by atoms with Crippen molar-refractivity contribution in [2.45, 2.75) is 25.7 Å². The molecular weight excluding hydrogens is 326 g/mol. The maximum atomic E-state index is 12.1. The molecule has 1 aromatic carbocycles. The van der Waals surface area contributed by atoms with Gasteiger partial charge < -0.3 is 5.32 Å². The van der Waals surface area contributed by atoms with Crippen molar-refractivity contribution in [3.05, 3.63) is 34.7 Å². The summed E-state index contributed by atoms with van der Waals surface area (Å²) >= 11 is 1.46. The lowest BCUT2D eigenvalue weighted by atomic mass is 9.94. The molecule has 0 radical (unpaired) electrons. The average Bonchev–Trinajstić information content (AvgIpc) is 3.12. The summed E-state index contributed by atoms with van der Waals surface area (Å²) in [4.78, 5) is 42.0. The van der Waals surface area contributed by atoms with Crippen molar-refractivity contribution < 1.29 is 14.4 Å². The van der Waals surface area contributed by atoms with Gasteiger partial charge in [-0.2, -0.15) is 0 Å². The molecular formula is C17H15N3O3S. The minimum absolute atomic E-state index is 0.189. The van der Waals surface area contributed by atoms with E-state index in [1.807, 2.05) is 18.2 Å². The molecule has 1 saturated heterocycles. The third kappa shape index (κ3) is 2.60. The van der Waals surface area contributed by atoms with E-state index in [2.05, 4.69) is 16.4 Å². The highest BCUT2D eigenvalue weighted by Crippen LogP contribution is 2.37. The van der Waals surface area contributed by atoms with Gasteiger partial charge in [0.25, 0.3) is 0 Å². The van der Waals surface area contributed by atoms with Gasteiger partial charge in [0, 0.05) is 23.3 Å². The number of fused-ring (bicyclic) bond motifs is 3. The molecule has 2 aliphatic rings. The van der Waals surface area contributed by atoms with Crippen LogP contribution in [0.4, 0.5) is 5.13 Å². The highest BCUT2D eigenvalue weighted by molar-refractivity contribution is 7.16. The molecule has 1 fully saturated rings. The van der Waals surface area contributed by atoms with Gasteiger partial charge >= 0.3 is 0 Å². The molecule has 24 heavy (non-hydrogen) atoms. The number of carbonyl (C=O) groups excluding carboxylic acids is 3. The van der Waals surface area contributed by atoms with Gasteiger partial charge in [-0.25, -0.2) is 4.98 Å². The van der Waals surface area contributed by atoms with Crippen LogP contribution >= 0.6 is 11.3 Å². The second kappa shape index (κ2) is 5.83. The molecule has 0 bridgehead atoms. The van der Waals surface area contributed by atoms with E-state index in [9.17, 15) is 14.4 Å². The first kappa shape index (κ1) is 15.0.